The van der Waals surface area contributed by atoms with Gasteiger partial charge in [0.05, 0.1) is 40.3 Å². The lowest BCUT2D eigenvalue weighted by Gasteiger charge is -2.41. The molecule has 2 fully saturated rings. The smallest absolute Gasteiger partial charge is 0.418 e. The van der Waals surface area contributed by atoms with Gasteiger partial charge < -0.3 is 20.3 Å². The number of nitrogens with two attached hydrogens (primary N) is 1. The number of ether oxygens (including phenoxy) is 1. The first kappa shape index (κ1) is 33.2. The normalized spacial score (nSPS) is 20.6. The van der Waals surface area contributed by atoms with Crippen LogP contribution in [0.5, 0.6) is 6.01 Å². The quantitative estimate of drug-likeness (QED) is 0.262. The van der Waals surface area contributed by atoms with E-state index in [-0.39, 0.29) is 72.2 Å². The van der Waals surface area contributed by atoms with E-state index in [0.29, 0.717) is 17.1 Å². The van der Waals surface area contributed by atoms with E-state index in [0.717, 1.165) is 19.0 Å². The molecule has 0 spiro atoms. The van der Waals surface area contributed by atoms with Crippen molar-refractivity contribution in [2.75, 3.05) is 50.5 Å². The van der Waals surface area contributed by atoms with Crippen LogP contribution >= 0.6 is 11.6 Å². The van der Waals surface area contributed by atoms with Gasteiger partial charge in [-0.25, -0.2) is 9.37 Å². The molecule has 2 N–H and O–H groups in total. The second-order valence-corrected chi connectivity index (χ2v) is 12.3. The average Bonchev–Trinajstić information content (AvgIpc) is 3.30. The first-order valence-electron chi connectivity index (χ1n) is 14.6. The van der Waals surface area contributed by atoms with Gasteiger partial charge in [-0.15, -0.1) is 0 Å². The third-order valence-electron chi connectivity index (χ3n) is 8.42. The molecule has 5 rings (SSSR count). The fourth-order valence-corrected chi connectivity index (χ4v) is 6.58. The van der Waals surface area contributed by atoms with E-state index in [1.165, 1.54) is 24.0 Å². The zero-order valence-electron chi connectivity index (χ0n) is 25.5. The lowest BCUT2D eigenvalue weighted by molar-refractivity contribution is -0.137. The van der Waals surface area contributed by atoms with E-state index < -0.39 is 35.2 Å². The second kappa shape index (κ2) is 12.9. The summed E-state index contributed by atoms with van der Waals surface area (Å²) < 4.78 is 62.6. The summed E-state index contributed by atoms with van der Waals surface area (Å²) in [5.41, 5.74) is 4.55. The Kier molecular flexibility index (Phi) is 9.28. The number of likely N-dealkylation sites (N-methyl/N-ethyl adjacent to an activating group) is 1. The SMILES string of the molecule is C=C(F)C(=O)N1CCN(c2nc(OC[C@@H]3C[C@@H](C)CN3C)nc3cc(-c4nc(N)cc(C)c4C(F)(F)F)c(Cl)cc23)CC1CC#N. The Hall–Kier alpha value is -4.22. The summed E-state index contributed by atoms with van der Waals surface area (Å²) in [6.45, 7) is 8.09. The Balaban J connectivity index is 1.63. The maximum atomic E-state index is 14.2. The number of hydrogen-bond donors (Lipinski definition) is 1. The largest absolute Gasteiger partial charge is 0.462 e. The molecule has 3 atom stereocenters. The van der Waals surface area contributed by atoms with Gasteiger partial charge in [-0.05, 0) is 50.1 Å². The van der Waals surface area contributed by atoms with Gasteiger partial charge >= 0.3 is 12.2 Å². The molecule has 0 aliphatic carbocycles. The molecule has 4 heterocycles. The molecule has 46 heavy (non-hydrogen) atoms. The number of amides is 1. The number of alkyl halides is 3. The highest BCUT2D eigenvalue weighted by Crippen LogP contribution is 2.43. The molecule has 10 nitrogen and oxygen atoms in total. The van der Waals surface area contributed by atoms with Gasteiger partial charge in [0, 0.05) is 43.2 Å². The number of piperazine rings is 1. The molecule has 2 aliphatic heterocycles. The van der Waals surface area contributed by atoms with Crippen molar-refractivity contribution >= 4 is 40.0 Å². The molecule has 1 amide bonds. The third-order valence-corrected chi connectivity index (χ3v) is 8.74. The molecule has 0 radical (unpaired) electrons. The molecule has 0 saturated carbocycles. The van der Waals surface area contributed by atoms with E-state index in [9.17, 15) is 27.6 Å². The number of likely N-dealkylation sites (tertiary alicyclic amines) is 1. The number of anilines is 2. The summed E-state index contributed by atoms with van der Waals surface area (Å²) >= 11 is 6.66. The predicted octanol–water partition coefficient (Wildman–Crippen LogP) is 5.39. The first-order valence-corrected chi connectivity index (χ1v) is 15.0. The van der Waals surface area contributed by atoms with Crippen LogP contribution in [0, 0.1) is 24.2 Å². The van der Waals surface area contributed by atoms with Gasteiger partial charge in [0.15, 0.2) is 5.83 Å². The number of nitrogen functional groups attached to an aromatic ring is 1. The van der Waals surface area contributed by atoms with E-state index in [1.54, 1.807) is 4.90 Å². The van der Waals surface area contributed by atoms with Crippen molar-refractivity contribution in [3.63, 3.8) is 0 Å². The Labute approximate surface area is 268 Å². The van der Waals surface area contributed by atoms with Gasteiger partial charge in [-0.3, -0.25) is 9.69 Å². The second-order valence-electron chi connectivity index (χ2n) is 11.9. The van der Waals surface area contributed by atoms with Crippen LogP contribution in [-0.2, 0) is 11.0 Å². The van der Waals surface area contributed by atoms with Gasteiger partial charge in [0.25, 0.3) is 5.91 Å². The number of carbonyl (C=O) groups is 1. The third kappa shape index (κ3) is 6.66. The Morgan fingerprint density at radius 3 is 2.57 bits per heavy atom. The van der Waals surface area contributed by atoms with Crippen LogP contribution in [0.3, 0.4) is 0 Å². The lowest BCUT2D eigenvalue weighted by Crippen LogP contribution is -2.55. The Morgan fingerprint density at radius 1 is 1.20 bits per heavy atom. The number of pyridine rings is 1. The maximum absolute atomic E-state index is 14.2. The lowest BCUT2D eigenvalue weighted by atomic mass is 9.99. The van der Waals surface area contributed by atoms with Crippen LogP contribution in [0.25, 0.3) is 22.2 Å². The standard InChI is InChI=1S/C31H33ClF4N8O2/c1-16-9-20(42(4)13-16)15-46-30-39-24-12-21(27-26(31(34,35)36)17(2)10-25(38)40-27)23(32)11-22(24)28(41-30)43-7-8-44(29(45)18(3)33)19(14-43)5-6-37/h10-12,16,19-20H,3,5,7-9,13-15H2,1-2,4H3,(H2,38,40)/t16-,19?,20+/m1/s1. The fourth-order valence-electron chi connectivity index (χ4n) is 6.33. The molecule has 1 unspecified atom stereocenters. The highest BCUT2D eigenvalue weighted by molar-refractivity contribution is 6.34. The molecule has 2 saturated heterocycles. The van der Waals surface area contributed by atoms with Gasteiger partial charge in [0.2, 0.25) is 0 Å². The predicted molar refractivity (Wildman–Crippen MR) is 166 cm³/mol. The van der Waals surface area contributed by atoms with E-state index in [2.05, 4.69) is 33.4 Å². The van der Waals surface area contributed by atoms with Crippen molar-refractivity contribution in [2.24, 2.45) is 5.92 Å². The van der Waals surface area contributed by atoms with Crippen LogP contribution in [0.2, 0.25) is 5.02 Å². The number of aryl methyl sites for hydroxylation is 1. The van der Waals surface area contributed by atoms with Crippen LogP contribution < -0.4 is 15.4 Å². The average molecular weight is 661 g/mol. The molecule has 3 aromatic rings. The summed E-state index contributed by atoms with van der Waals surface area (Å²) in [7, 11) is 2.00. The number of rotatable bonds is 7. The summed E-state index contributed by atoms with van der Waals surface area (Å²) in [5, 5.41) is 9.80. The zero-order chi connectivity index (χ0) is 33.5. The van der Waals surface area contributed by atoms with Gasteiger partial charge in [-0.2, -0.15) is 28.4 Å². The summed E-state index contributed by atoms with van der Waals surface area (Å²) in [4.78, 5) is 31.0. The minimum atomic E-state index is -4.74. The maximum Gasteiger partial charge on any atom is 0.418 e. The van der Waals surface area contributed by atoms with Gasteiger partial charge in [-0.1, -0.05) is 25.1 Å². The molecule has 2 aromatic heterocycles. The molecule has 0 bridgehead atoms. The molecular formula is C31H33ClF4N8O2. The number of fused-ring (bicyclic) bond motifs is 1. The molecule has 15 heteroatoms. The van der Waals surface area contributed by atoms with E-state index >= 15 is 0 Å². The van der Waals surface area contributed by atoms with E-state index in [4.69, 9.17) is 22.1 Å². The number of nitrogens with zero attached hydrogens (tertiary/aromatic N) is 7. The van der Waals surface area contributed by atoms with Crippen molar-refractivity contribution < 1.29 is 27.1 Å². The van der Waals surface area contributed by atoms with Crippen molar-refractivity contribution in [1.29, 1.82) is 5.26 Å². The molecule has 244 valence electrons. The van der Waals surface area contributed by atoms with Gasteiger partial charge in [0.1, 0.15) is 18.2 Å². The number of nitriles is 1. The number of aromatic nitrogens is 3. The van der Waals surface area contributed by atoms with Crippen LogP contribution in [-0.4, -0.2) is 82.6 Å². The van der Waals surface area contributed by atoms with Crippen molar-refractivity contribution in [1.82, 2.24) is 24.8 Å². The minimum Gasteiger partial charge on any atom is -0.462 e. The van der Waals surface area contributed by atoms with Crippen LogP contribution in [0.4, 0.5) is 29.2 Å². The molecular weight excluding hydrogens is 628 g/mol. The van der Waals surface area contributed by atoms with Crippen molar-refractivity contribution in [2.45, 2.75) is 44.9 Å². The summed E-state index contributed by atoms with van der Waals surface area (Å²) in [5.74, 6) is -1.32. The van der Waals surface area contributed by atoms with E-state index in [1.807, 2.05) is 13.1 Å². The van der Waals surface area contributed by atoms with Crippen molar-refractivity contribution in [3.05, 3.63) is 46.8 Å². The van der Waals surface area contributed by atoms with Crippen molar-refractivity contribution in [3.8, 4) is 23.3 Å². The fraction of sp³-hybridized carbons (Fsp3) is 0.452. The monoisotopic (exact) mass is 660 g/mol. The zero-order valence-corrected chi connectivity index (χ0v) is 26.3. The van der Waals surface area contributed by atoms with Crippen LogP contribution in [0.15, 0.2) is 30.6 Å². The number of halogens is 5. The highest BCUT2D eigenvalue weighted by Gasteiger charge is 2.38. The number of carbonyl (C=O) groups excluding carboxylic acids is 1. The highest BCUT2D eigenvalue weighted by atomic mass is 35.5. The van der Waals surface area contributed by atoms with Crippen LogP contribution in [0.1, 0.15) is 30.9 Å². The molecule has 2 aliphatic rings. The topological polar surface area (TPSA) is 124 Å². The Bertz CT molecular complexity index is 1730. The number of benzene rings is 1. The summed E-state index contributed by atoms with van der Waals surface area (Å²) in [6.07, 6.45) is -3.92. The Morgan fingerprint density at radius 2 is 1.93 bits per heavy atom. The number of hydrogen-bond acceptors (Lipinski definition) is 9. The summed E-state index contributed by atoms with van der Waals surface area (Å²) in [6, 6.07) is 5.45. The molecule has 1 aromatic carbocycles. The minimum absolute atomic E-state index is 0.0102. The first-order chi connectivity index (χ1) is 21.7.